The van der Waals surface area contributed by atoms with E-state index in [9.17, 15) is 0 Å². The van der Waals surface area contributed by atoms with E-state index in [1.807, 2.05) is 0 Å². The minimum atomic E-state index is 0.876. The van der Waals surface area contributed by atoms with E-state index in [1.54, 1.807) is 0 Å². The Balaban J connectivity index is 1.22. The number of benzene rings is 9. The van der Waals surface area contributed by atoms with Crippen molar-refractivity contribution in [2.24, 2.45) is 0 Å². The van der Waals surface area contributed by atoms with E-state index in [4.69, 9.17) is 4.42 Å². The number of nitrogens with zero attached hydrogens (tertiary/aromatic N) is 1. The van der Waals surface area contributed by atoms with Crippen LogP contribution in [0, 0.1) is 0 Å². The van der Waals surface area contributed by atoms with Crippen LogP contribution in [0.15, 0.2) is 180 Å². The van der Waals surface area contributed by atoms with Crippen LogP contribution in [0.5, 0.6) is 0 Å². The number of furan rings is 1. The number of hydrogen-bond acceptors (Lipinski definition) is 2. The predicted molar refractivity (Wildman–Crippen MR) is 204 cm³/mol. The zero-order valence-electron chi connectivity index (χ0n) is 26.1. The quantitative estimate of drug-likeness (QED) is 0.184. The topological polar surface area (TPSA) is 16.4 Å². The molecular formula is C46H29NO. The summed E-state index contributed by atoms with van der Waals surface area (Å²) in [5.41, 5.74) is 7.33. The van der Waals surface area contributed by atoms with Gasteiger partial charge in [-0.1, -0.05) is 140 Å². The second-order valence-electron chi connectivity index (χ2n) is 12.5. The summed E-state index contributed by atoms with van der Waals surface area (Å²) in [6.45, 7) is 0. The highest BCUT2D eigenvalue weighted by atomic mass is 16.3. The summed E-state index contributed by atoms with van der Waals surface area (Å²) in [7, 11) is 0. The van der Waals surface area contributed by atoms with Gasteiger partial charge in [-0.25, -0.2) is 0 Å². The fraction of sp³-hybridized carbons (Fsp3) is 0. The van der Waals surface area contributed by atoms with Crippen molar-refractivity contribution in [1.82, 2.24) is 0 Å². The smallest absolute Gasteiger partial charge is 0.159 e. The van der Waals surface area contributed by atoms with Crippen LogP contribution in [-0.4, -0.2) is 0 Å². The van der Waals surface area contributed by atoms with Crippen molar-refractivity contribution in [1.29, 1.82) is 0 Å². The standard InChI is InChI=1S/C46H29NO/c1-2-9-30(10-3-1)31-21-24-36(25-22-31)47(43-16-8-15-41-42-27-23-33-12-5-7-14-40(33)45(42)48-46(41)43)37-26-28-39-35(29-37)20-19-34-18-17-32-11-4-6-13-38(32)44(34)39/h1-29H. The molecule has 0 unspecified atom stereocenters. The van der Waals surface area contributed by atoms with Crippen molar-refractivity contribution < 1.29 is 4.42 Å². The maximum Gasteiger partial charge on any atom is 0.159 e. The summed E-state index contributed by atoms with van der Waals surface area (Å²) in [6, 6.07) is 63.2. The third kappa shape index (κ3) is 4.13. The van der Waals surface area contributed by atoms with E-state index in [-0.39, 0.29) is 0 Å². The fourth-order valence-electron chi connectivity index (χ4n) is 7.51. The summed E-state index contributed by atoms with van der Waals surface area (Å²) in [5.74, 6) is 0. The minimum Gasteiger partial charge on any atom is -0.453 e. The average molecular weight is 612 g/mol. The van der Waals surface area contributed by atoms with Crippen LogP contribution in [0.3, 0.4) is 0 Å². The molecule has 0 bridgehead atoms. The van der Waals surface area contributed by atoms with Crippen LogP contribution >= 0.6 is 0 Å². The molecule has 0 saturated carbocycles. The average Bonchev–Trinajstić information content (AvgIpc) is 3.55. The van der Waals surface area contributed by atoms with Gasteiger partial charge in [-0.05, 0) is 85.2 Å². The van der Waals surface area contributed by atoms with E-state index >= 15 is 0 Å². The van der Waals surface area contributed by atoms with Crippen LogP contribution < -0.4 is 4.90 Å². The Morgan fingerprint density at radius 2 is 0.896 bits per heavy atom. The second kappa shape index (κ2) is 10.6. The van der Waals surface area contributed by atoms with Gasteiger partial charge in [-0.3, -0.25) is 0 Å². The van der Waals surface area contributed by atoms with Crippen molar-refractivity contribution in [3.05, 3.63) is 176 Å². The molecule has 1 aromatic heterocycles. The zero-order chi connectivity index (χ0) is 31.6. The monoisotopic (exact) mass is 611 g/mol. The maximum atomic E-state index is 6.87. The number of hydrogen-bond donors (Lipinski definition) is 0. The molecule has 224 valence electrons. The van der Waals surface area contributed by atoms with Crippen LogP contribution in [0.1, 0.15) is 0 Å². The van der Waals surface area contributed by atoms with Crippen LogP contribution in [-0.2, 0) is 0 Å². The first-order valence-corrected chi connectivity index (χ1v) is 16.4. The van der Waals surface area contributed by atoms with E-state index in [0.29, 0.717) is 0 Å². The van der Waals surface area contributed by atoms with Gasteiger partial charge in [0.1, 0.15) is 5.58 Å². The van der Waals surface area contributed by atoms with Gasteiger partial charge in [0.05, 0.1) is 5.69 Å². The van der Waals surface area contributed by atoms with E-state index in [1.165, 1.54) is 48.8 Å². The third-order valence-corrected chi connectivity index (χ3v) is 9.81. The second-order valence-corrected chi connectivity index (χ2v) is 12.5. The first-order chi connectivity index (χ1) is 23.8. The number of rotatable bonds is 4. The molecular weight excluding hydrogens is 583 g/mol. The highest BCUT2D eigenvalue weighted by molar-refractivity contribution is 6.21. The number of anilines is 3. The Labute approximate surface area is 277 Å². The highest BCUT2D eigenvalue weighted by Gasteiger charge is 2.21. The summed E-state index contributed by atoms with van der Waals surface area (Å²) in [4.78, 5) is 2.34. The van der Waals surface area contributed by atoms with Crippen LogP contribution in [0.4, 0.5) is 17.1 Å². The minimum absolute atomic E-state index is 0.876. The predicted octanol–water partition coefficient (Wildman–Crippen LogP) is 13.3. The molecule has 10 aromatic rings. The van der Waals surface area contributed by atoms with Crippen molar-refractivity contribution in [3.8, 4) is 11.1 Å². The van der Waals surface area contributed by atoms with Gasteiger partial charge in [0.15, 0.2) is 5.58 Å². The van der Waals surface area contributed by atoms with E-state index in [2.05, 4.69) is 181 Å². The van der Waals surface area contributed by atoms with Gasteiger partial charge in [-0.2, -0.15) is 0 Å². The Kier molecular flexibility index (Phi) is 5.91. The fourth-order valence-corrected chi connectivity index (χ4v) is 7.51. The normalized spacial score (nSPS) is 11.8. The molecule has 1 heterocycles. The Hall–Kier alpha value is -6.38. The lowest BCUT2D eigenvalue weighted by Crippen LogP contribution is -2.10. The van der Waals surface area contributed by atoms with E-state index < -0.39 is 0 Å². The Morgan fingerprint density at radius 1 is 0.333 bits per heavy atom. The molecule has 0 N–H and O–H groups in total. The Bertz CT molecular complexity index is 2830. The molecule has 0 fully saturated rings. The lowest BCUT2D eigenvalue weighted by molar-refractivity contribution is 0.673. The molecule has 0 aliphatic carbocycles. The van der Waals surface area contributed by atoms with Gasteiger partial charge >= 0.3 is 0 Å². The summed E-state index contributed by atoms with van der Waals surface area (Å²) in [6.07, 6.45) is 0. The molecule has 0 aliphatic heterocycles. The SMILES string of the molecule is c1ccc(-c2ccc(N(c3ccc4c(ccc5ccc6ccccc6c54)c3)c3cccc4c3oc3c5ccccc5ccc43)cc2)cc1. The molecule has 0 spiro atoms. The summed E-state index contributed by atoms with van der Waals surface area (Å²) >= 11 is 0. The van der Waals surface area contributed by atoms with Crippen molar-refractivity contribution in [3.63, 3.8) is 0 Å². The Morgan fingerprint density at radius 3 is 1.73 bits per heavy atom. The zero-order valence-corrected chi connectivity index (χ0v) is 26.1. The molecule has 0 saturated heterocycles. The molecule has 10 rings (SSSR count). The molecule has 0 amide bonds. The lowest BCUT2D eigenvalue weighted by Gasteiger charge is -2.26. The molecule has 2 nitrogen and oxygen atoms in total. The number of para-hydroxylation sites is 1. The van der Waals surface area contributed by atoms with E-state index in [0.717, 1.165) is 44.4 Å². The molecule has 0 atom stereocenters. The molecule has 9 aromatic carbocycles. The van der Waals surface area contributed by atoms with Gasteiger partial charge in [0.25, 0.3) is 0 Å². The molecule has 0 radical (unpaired) electrons. The maximum absolute atomic E-state index is 6.87. The van der Waals surface area contributed by atoms with Gasteiger partial charge in [0.2, 0.25) is 0 Å². The van der Waals surface area contributed by atoms with Gasteiger partial charge in [0, 0.05) is 27.5 Å². The number of fused-ring (bicyclic) bond motifs is 10. The summed E-state index contributed by atoms with van der Waals surface area (Å²) < 4.78 is 6.87. The summed E-state index contributed by atoms with van der Waals surface area (Å²) in [5, 5.41) is 12.1. The van der Waals surface area contributed by atoms with Crippen LogP contribution in [0.25, 0.3) is 76.2 Å². The molecule has 48 heavy (non-hydrogen) atoms. The first kappa shape index (κ1) is 26.8. The first-order valence-electron chi connectivity index (χ1n) is 16.4. The third-order valence-electron chi connectivity index (χ3n) is 9.81. The lowest BCUT2D eigenvalue weighted by atomic mass is 9.96. The molecule has 0 aliphatic rings. The van der Waals surface area contributed by atoms with Crippen molar-refractivity contribution in [2.75, 3.05) is 4.90 Å². The van der Waals surface area contributed by atoms with Crippen molar-refractivity contribution in [2.45, 2.75) is 0 Å². The van der Waals surface area contributed by atoms with Crippen molar-refractivity contribution >= 4 is 82.1 Å². The van der Waals surface area contributed by atoms with Gasteiger partial charge < -0.3 is 9.32 Å². The molecule has 2 heteroatoms. The highest BCUT2D eigenvalue weighted by Crippen LogP contribution is 2.45. The van der Waals surface area contributed by atoms with Crippen LogP contribution in [0.2, 0.25) is 0 Å². The largest absolute Gasteiger partial charge is 0.453 e. The van der Waals surface area contributed by atoms with Gasteiger partial charge in [-0.15, -0.1) is 0 Å².